The Kier molecular flexibility index (Phi) is 6.04. The van der Waals surface area contributed by atoms with Crippen molar-refractivity contribution in [2.75, 3.05) is 19.0 Å². The normalized spacial score (nSPS) is 14.0. The van der Waals surface area contributed by atoms with E-state index in [4.69, 9.17) is 9.47 Å². The summed E-state index contributed by atoms with van der Waals surface area (Å²) in [6, 6.07) is 18.7. The number of hydrogen-bond donors (Lipinski definition) is 2. The molecule has 4 rings (SSSR count). The Labute approximate surface area is 186 Å². The third-order valence-corrected chi connectivity index (χ3v) is 5.89. The zero-order chi connectivity index (χ0) is 22.7. The number of methoxy groups -OCH3 is 1. The van der Waals surface area contributed by atoms with Crippen LogP contribution >= 0.6 is 0 Å². The summed E-state index contributed by atoms with van der Waals surface area (Å²) in [5, 5.41) is 13.0. The van der Waals surface area contributed by atoms with Crippen LogP contribution in [0.4, 0.5) is 10.1 Å². The van der Waals surface area contributed by atoms with E-state index in [9.17, 15) is 9.90 Å². The second-order valence-corrected chi connectivity index (χ2v) is 8.18. The van der Waals surface area contributed by atoms with Gasteiger partial charge in [-0.25, -0.2) is 9.18 Å². The summed E-state index contributed by atoms with van der Waals surface area (Å²) in [5.74, 6) is -1.45. The van der Waals surface area contributed by atoms with E-state index < -0.39 is 17.3 Å². The largest absolute Gasteiger partial charge is 0.493 e. The summed E-state index contributed by atoms with van der Waals surface area (Å²) >= 11 is 0. The van der Waals surface area contributed by atoms with Crippen LogP contribution in [-0.4, -0.2) is 30.3 Å². The first-order valence-corrected chi connectivity index (χ1v) is 10.5. The number of carboxylic acids is 1. The zero-order valence-electron chi connectivity index (χ0n) is 18.2. The quantitative estimate of drug-likeness (QED) is 0.532. The van der Waals surface area contributed by atoms with Gasteiger partial charge in [0.1, 0.15) is 5.54 Å². The molecule has 32 heavy (non-hydrogen) atoms. The number of ether oxygens (including phenoxy) is 2. The van der Waals surface area contributed by atoms with E-state index in [1.54, 1.807) is 6.07 Å². The molecular weight excluding hydrogens is 409 g/mol. The standard InChI is InChI=1S/C26H26FNO4/c1-17-6-5-7-18(14-17)12-13-32-24-22(31-2)11-10-21(23(24)27)28-26(25(29)30)15-19-8-3-4-9-20(19)16-26/h3-11,14,28H,12-13,15-16H2,1-2H3,(H,29,30). The Morgan fingerprint density at radius 1 is 1.09 bits per heavy atom. The molecule has 2 N–H and O–H groups in total. The van der Waals surface area contributed by atoms with E-state index >= 15 is 4.39 Å². The molecule has 1 aliphatic rings. The number of hydrogen-bond acceptors (Lipinski definition) is 4. The molecule has 166 valence electrons. The number of aliphatic carboxylic acids is 1. The van der Waals surface area contributed by atoms with Crippen LogP contribution in [0.15, 0.2) is 60.7 Å². The van der Waals surface area contributed by atoms with Gasteiger partial charge in [0.25, 0.3) is 0 Å². The van der Waals surface area contributed by atoms with Crippen LogP contribution in [0.2, 0.25) is 0 Å². The summed E-state index contributed by atoms with van der Waals surface area (Å²) in [6.07, 6.45) is 1.15. The lowest BCUT2D eigenvalue weighted by Gasteiger charge is -2.27. The summed E-state index contributed by atoms with van der Waals surface area (Å²) in [5.41, 5.74) is 2.89. The van der Waals surface area contributed by atoms with E-state index in [2.05, 4.69) is 11.4 Å². The van der Waals surface area contributed by atoms with Crippen molar-refractivity contribution in [1.29, 1.82) is 0 Å². The second kappa shape index (κ2) is 8.91. The van der Waals surface area contributed by atoms with Crippen molar-refractivity contribution in [3.8, 4) is 11.5 Å². The van der Waals surface area contributed by atoms with Crippen LogP contribution in [0.1, 0.15) is 22.3 Å². The van der Waals surface area contributed by atoms with Crippen LogP contribution in [0.3, 0.4) is 0 Å². The van der Waals surface area contributed by atoms with Crippen molar-refractivity contribution in [3.05, 3.63) is 88.7 Å². The molecule has 6 heteroatoms. The molecule has 0 spiro atoms. The number of aryl methyl sites for hydroxylation is 1. The van der Waals surface area contributed by atoms with Crippen LogP contribution in [0, 0.1) is 12.7 Å². The van der Waals surface area contributed by atoms with Gasteiger partial charge in [0, 0.05) is 19.3 Å². The number of halogens is 1. The van der Waals surface area contributed by atoms with Crippen LogP contribution < -0.4 is 14.8 Å². The SMILES string of the molecule is COc1ccc(NC2(C(=O)O)Cc3ccccc3C2)c(F)c1OCCc1cccc(C)c1. The molecule has 0 fully saturated rings. The molecule has 0 atom stereocenters. The van der Waals surface area contributed by atoms with Crippen molar-refractivity contribution in [3.63, 3.8) is 0 Å². The average molecular weight is 435 g/mol. The molecule has 0 bridgehead atoms. The molecule has 0 aliphatic heterocycles. The highest BCUT2D eigenvalue weighted by atomic mass is 19.1. The molecule has 0 heterocycles. The number of carboxylic acid groups (broad SMARTS) is 1. The highest BCUT2D eigenvalue weighted by Gasteiger charge is 2.44. The first kappa shape index (κ1) is 21.7. The minimum absolute atomic E-state index is 0.0267. The predicted octanol–water partition coefficient (Wildman–Crippen LogP) is 4.80. The smallest absolute Gasteiger partial charge is 0.330 e. The first-order chi connectivity index (χ1) is 15.4. The van der Waals surface area contributed by atoms with Crippen molar-refractivity contribution in [1.82, 2.24) is 0 Å². The molecule has 0 saturated carbocycles. The Bertz CT molecular complexity index is 1120. The lowest BCUT2D eigenvalue weighted by molar-refractivity contribution is -0.142. The van der Waals surface area contributed by atoms with Gasteiger partial charge in [0.05, 0.1) is 19.4 Å². The maximum absolute atomic E-state index is 15.5. The molecule has 0 amide bonds. The third-order valence-electron chi connectivity index (χ3n) is 5.89. The fourth-order valence-corrected chi connectivity index (χ4v) is 4.23. The number of rotatable bonds is 8. The Morgan fingerprint density at radius 3 is 2.44 bits per heavy atom. The summed E-state index contributed by atoms with van der Waals surface area (Å²) < 4.78 is 26.5. The van der Waals surface area contributed by atoms with E-state index in [0.717, 1.165) is 22.3 Å². The molecule has 0 unspecified atom stereocenters. The molecule has 3 aromatic rings. The van der Waals surface area contributed by atoms with Crippen molar-refractivity contribution >= 4 is 11.7 Å². The number of benzene rings is 3. The van der Waals surface area contributed by atoms with Crippen LogP contribution in [-0.2, 0) is 24.1 Å². The van der Waals surface area contributed by atoms with E-state index in [-0.39, 0.29) is 36.6 Å². The molecule has 3 aromatic carbocycles. The number of carbonyl (C=O) groups is 1. The monoisotopic (exact) mass is 435 g/mol. The van der Waals surface area contributed by atoms with Crippen molar-refractivity contribution in [2.24, 2.45) is 0 Å². The van der Waals surface area contributed by atoms with Gasteiger partial charge >= 0.3 is 5.97 Å². The van der Waals surface area contributed by atoms with Crippen LogP contribution in [0.25, 0.3) is 0 Å². The third kappa shape index (κ3) is 4.26. The molecular formula is C26H26FNO4. The molecule has 5 nitrogen and oxygen atoms in total. The summed E-state index contributed by atoms with van der Waals surface area (Å²) in [6.45, 7) is 2.28. The fourth-order valence-electron chi connectivity index (χ4n) is 4.23. The first-order valence-electron chi connectivity index (χ1n) is 10.5. The van der Waals surface area contributed by atoms with E-state index in [1.165, 1.54) is 13.2 Å². The van der Waals surface area contributed by atoms with E-state index in [1.807, 2.05) is 49.4 Å². The zero-order valence-corrected chi connectivity index (χ0v) is 18.2. The maximum Gasteiger partial charge on any atom is 0.330 e. The molecule has 1 aliphatic carbocycles. The Balaban J connectivity index is 1.56. The number of nitrogens with one attached hydrogen (secondary N) is 1. The molecule has 0 saturated heterocycles. The lowest BCUT2D eigenvalue weighted by atomic mass is 9.95. The van der Waals surface area contributed by atoms with Gasteiger partial charge in [0.15, 0.2) is 17.3 Å². The topological polar surface area (TPSA) is 67.8 Å². The van der Waals surface area contributed by atoms with Gasteiger partial charge < -0.3 is 19.9 Å². The second-order valence-electron chi connectivity index (χ2n) is 8.18. The van der Waals surface area contributed by atoms with E-state index in [0.29, 0.717) is 6.42 Å². The van der Waals surface area contributed by atoms with Crippen LogP contribution in [0.5, 0.6) is 11.5 Å². The Morgan fingerprint density at radius 2 is 1.81 bits per heavy atom. The molecule has 0 radical (unpaired) electrons. The van der Waals surface area contributed by atoms with Gasteiger partial charge in [-0.3, -0.25) is 0 Å². The van der Waals surface area contributed by atoms with Gasteiger partial charge in [-0.2, -0.15) is 0 Å². The Hall–Kier alpha value is -3.54. The predicted molar refractivity (Wildman–Crippen MR) is 121 cm³/mol. The van der Waals surface area contributed by atoms with Gasteiger partial charge in [-0.15, -0.1) is 0 Å². The van der Waals surface area contributed by atoms with Crippen molar-refractivity contribution in [2.45, 2.75) is 31.7 Å². The van der Waals surface area contributed by atoms with Gasteiger partial charge in [0.2, 0.25) is 0 Å². The highest BCUT2D eigenvalue weighted by molar-refractivity contribution is 5.85. The number of anilines is 1. The minimum Gasteiger partial charge on any atom is -0.493 e. The highest BCUT2D eigenvalue weighted by Crippen LogP contribution is 2.39. The van der Waals surface area contributed by atoms with Crippen molar-refractivity contribution < 1.29 is 23.8 Å². The van der Waals surface area contributed by atoms with Gasteiger partial charge in [-0.05, 0) is 35.7 Å². The minimum atomic E-state index is -1.32. The maximum atomic E-state index is 15.5. The number of fused-ring (bicyclic) bond motifs is 1. The molecule has 0 aromatic heterocycles. The fraction of sp³-hybridized carbons (Fsp3) is 0.269. The lowest BCUT2D eigenvalue weighted by Crippen LogP contribution is -2.47. The summed E-state index contributed by atoms with van der Waals surface area (Å²) in [7, 11) is 1.45. The average Bonchev–Trinajstić information content (AvgIpc) is 3.16. The van der Waals surface area contributed by atoms with Gasteiger partial charge in [-0.1, -0.05) is 54.1 Å². The summed E-state index contributed by atoms with van der Waals surface area (Å²) in [4.78, 5) is 12.2.